The zero-order valence-corrected chi connectivity index (χ0v) is 12.2. The molecule has 2 heterocycles. The molecule has 0 unspecified atom stereocenters. The van der Waals surface area contributed by atoms with Crippen LogP contribution in [0.2, 0.25) is 0 Å². The topological polar surface area (TPSA) is 43.4 Å². The molecule has 0 saturated carbocycles. The maximum atomic E-state index is 11.5. The molecule has 18 heavy (non-hydrogen) atoms. The van der Waals surface area contributed by atoms with E-state index in [1.165, 1.54) is 6.07 Å². The summed E-state index contributed by atoms with van der Waals surface area (Å²) >= 11 is 2.27. The normalized spacial score (nSPS) is 11.5. The largest absolute Gasteiger partial charge is 0.460 e. The molecule has 0 fully saturated rings. The second kappa shape index (κ2) is 4.12. The molecule has 4 heteroatoms. The molecule has 3 rings (SSSR count). The van der Waals surface area contributed by atoms with E-state index < -0.39 is 0 Å². The van der Waals surface area contributed by atoms with E-state index in [0.717, 1.165) is 37.7 Å². The van der Waals surface area contributed by atoms with E-state index in [9.17, 15) is 4.79 Å². The van der Waals surface area contributed by atoms with Crippen molar-refractivity contribution >= 4 is 44.5 Å². The van der Waals surface area contributed by atoms with Crippen LogP contribution in [0.15, 0.2) is 31.8 Å². The minimum absolute atomic E-state index is 0.317. The third kappa shape index (κ3) is 1.67. The molecule has 0 radical (unpaired) electrons. The van der Waals surface area contributed by atoms with Crippen LogP contribution in [0.1, 0.15) is 16.9 Å². The van der Waals surface area contributed by atoms with Crippen LogP contribution >= 0.6 is 22.6 Å². The Kier molecular flexibility index (Phi) is 2.69. The van der Waals surface area contributed by atoms with Crippen LogP contribution in [-0.2, 0) is 4.43 Å². The van der Waals surface area contributed by atoms with Crippen LogP contribution in [0.25, 0.3) is 21.9 Å². The van der Waals surface area contributed by atoms with Gasteiger partial charge in [0.15, 0.2) is 0 Å². The fraction of sp³-hybridized carbons (Fsp3) is 0.214. The lowest BCUT2D eigenvalue weighted by Gasteiger charge is -2.03. The summed E-state index contributed by atoms with van der Waals surface area (Å²) in [4.78, 5) is 11.5. The zero-order chi connectivity index (χ0) is 12.9. The Morgan fingerprint density at radius 1 is 1.11 bits per heavy atom. The average Bonchev–Trinajstić information content (AvgIpc) is 2.74. The molecule has 0 aliphatic carbocycles. The van der Waals surface area contributed by atoms with Crippen molar-refractivity contribution in [1.82, 2.24) is 0 Å². The van der Waals surface area contributed by atoms with Gasteiger partial charge < -0.3 is 8.83 Å². The highest BCUT2D eigenvalue weighted by molar-refractivity contribution is 14.1. The van der Waals surface area contributed by atoms with Crippen molar-refractivity contribution < 1.29 is 8.83 Å². The van der Waals surface area contributed by atoms with Gasteiger partial charge in [-0.05, 0) is 31.5 Å². The summed E-state index contributed by atoms with van der Waals surface area (Å²) < 4.78 is 11.9. The highest BCUT2D eigenvalue weighted by Crippen LogP contribution is 2.31. The summed E-state index contributed by atoms with van der Waals surface area (Å²) in [5.74, 6) is 0.934. The van der Waals surface area contributed by atoms with Gasteiger partial charge in [-0.25, -0.2) is 4.79 Å². The minimum Gasteiger partial charge on any atom is -0.460 e. The lowest BCUT2D eigenvalue weighted by molar-refractivity contribution is 0.551. The van der Waals surface area contributed by atoms with Crippen molar-refractivity contribution in [2.75, 3.05) is 0 Å². The molecule has 92 valence electrons. The first-order valence-electron chi connectivity index (χ1n) is 5.62. The molecule has 0 aliphatic heterocycles. The Balaban J connectivity index is 2.54. The average molecular weight is 354 g/mol. The van der Waals surface area contributed by atoms with E-state index in [2.05, 4.69) is 22.6 Å². The maximum Gasteiger partial charge on any atom is 0.336 e. The van der Waals surface area contributed by atoms with E-state index >= 15 is 0 Å². The van der Waals surface area contributed by atoms with Crippen molar-refractivity contribution in [3.63, 3.8) is 0 Å². The molecule has 0 spiro atoms. The summed E-state index contributed by atoms with van der Waals surface area (Å²) in [6.45, 7) is 3.84. The summed E-state index contributed by atoms with van der Waals surface area (Å²) in [6.07, 6.45) is 0. The SMILES string of the molecule is Cc1cc(=O)oc2c(C)c3oc(CI)cc3cc12. The Morgan fingerprint density at radius 3 is 2.61 bits per heavy atom. The number of benzene rings is 1. The molecular formula is C14H11IO3. The van der Waals surface area contributed by atoms with E-state index in [1.54, 1.807) is 0 Å². The summed E-state index contributed by atoms with van der Waals surface area (Å²) in [5.41, 5.74) is 2.94. The number of furan rings is 1. The van der Waals surface area contributed by atoms with Gasteiger partial charge in [0.2, 0.25) is 0 Å². The minimum atomic E-state index is -0.317. The first kappa shape index (κ1) is 11.8. The van der Waals surface area contributed by atoms with Crippen molar-refractivity contribution in [3.8, 4) is 0 Å². The molecule has 2 aromatic heterocycles. The molecule has 0 atom stereocenters. The third-order valence-electron chi connectivity index (χ3n) is 3.13. The third-order valence-corrected chi connectivity index (χ3v) is 3.88. The summed E-state index contributed by atoms with van der Waals surface area (Å²) in [6, 6.07) is 5.58. The number of hydrogen-bond donors (Lipinski definition) is 0. The summed E-state index contributed by atoms with van der Waals surface area (Å²) in [7, 11) is 0. The Hall–Kier alpha value is -1.30. The number of hydrogen-bond acceptors (Lipinski definition) is 3. The van der Waals surface area contributed by atoms with Crippen LogP contribution in [-0.4, -0.2) is 0 Å². The van der Waals surface area contributed by atoms with Gasteiger partial charge in [0.1, 0.15) is 16.9 Å². The van der Waals surface area contributed by atoms with Crippen LogP contribution < -0.4 is 5.63 Å². The lowest BCUT2D eigenvalue weighted by Crippen LogP contribution is -1.98. The first-order valence-corrected chi connectivity index (χ1v) is 7.15. The summed E-state index contributed by atoms with van der Waals surface area (Å²) in [5, 5.41) is 2.03. The van der Waals surface area contributed by atoms with Gasteiger partial charge in [0.05, 0.1) is 4.43 Å². The molecule has 0 saturated heterocycles. The van der Waals surface area contributed by atoms with Gasteiger partial charge in [-0.1, -0.05) is 22.6 Å². The van der Waals surface area contributed by atoms with Crippen LogP contribution in [0.4, 0.5) is 0 Å². The number of fused-ring (bicyclic) bond motifs is 2. The number of rotatable bonds is 1. The highest BCUT2D eigenvalue weighted by atomic mass is 127. The van der Waals surface area contributed by atoms with Crippen LogP contribution in [0.3, 0.4) is 0 Å². The Morgan fingerprint density at radius 2 is 1.89 bits per heavy atom. The van der Waals surface area contributed by atoms with Gasteiger partial charge in [0.25, 0.3) is 0 Å². The van der Waals surface area contributed by atoms with Crippen molar-refractivity contribution in [3.05, 3.63) is 45.5 Å². The van der Waals surface area contributed by atoms with E-state index in [1.807, 2.05) is 26.0 Å². The van der Waals surface area contributed by atoms with Gasteiger partial charge in [-0.15, -0.1) is 0 Å². The molecule has 0 amide bonds. The monoisotopic (exact) mass is 354 g/mol. The molecule has 3 nitrogen and oxygen atoms in total. The van der Waals surface area contributed by atoms with Gasteiger partial charge in [-0.3, -0.25) is 0 Å². The van der Waals surface area contributed by atoms with Gasteiger partial charge in [-0.2, -0.15) is 0 Å². The fourth-order valence-corrected chi connectivity index (χ4v) is 2.64. The number of aryl methyl sites for hydroxylation is 2. The molecule has 0 bridgehead atoms. The molecular weight excluding hydrogens is 343 g/mol. The maximum absolute atomic E-state index is 11.5. The standard InChI is InChI=1S/C14H11IO3/c1-7-3-12(16)18-14-8(2)13-9(5-11(7)14)4-10(6-15)17-13/h3-5H,6H2,1-2H3. The zero-order valence-electron chi connectivity index (χ0n) is 10.0. The predicted octanol–water partition coefficient (Wildman–Crippen LogP) is 4.09. The Bertz CT molecular complexity index is 811. The number of halogens is 1. The predicted molar refractivity (Wildman–Crippen MR) is 79.5 cm³/mol. The smallest absolute Gasteiger partial charge is 0.336 e. The fourth-order valence-electron chi connectivity index (χ4n) is 2.26. The van der Waals surface area contributed by atoms with Crippen molar-refractivity contribution in [2.45, 2.75) is 18.3 Å². The molecule has 0 aliphatic rings. The van der Waals surface area contributed by atoms with Gasteiger partial charge in [0, 0.05) is 22.4 Å². The van der Waals surface area contributed by atoms with E-state index in [4.69, 9.17) is 8.83 Å². The first-order chi connectivity index (χ1) is 8.60. The molecule has 3 aromatic rings. The van der Waals surface area contributed by atoms with Crippen LogP contribution in [0.5, 0.6) is 0 Å². The second-order valence-electron chi connectivity index (χ2n) is 4.39. The quantitative estimate of drug-likeness (QED) is 0.376. The van der Waals surface area contributed by atoms with E-state index in [-0.39, 0.29) is 5.63 Å². The van der Waals surface area contributed by atoms with Crippen molar-refractivity contribution in [1.29, 1.82) is 0 Å². The second-order valence-corrected chi connectivity index (χ2v) is 5.15. The lowest BCUT2D eigenvalue weighted by atomic mass is 10.1. The van der Waals surface area contributed by atoms with Gasteiger partial charge >= 0.3 is 5.63 Å². The van der Waals surface area contributed by atoms with Crippen molar-refractivity contribution in [2.24, 2.45) is 0 Å². The number of alkyl halides is 1. The Labute approximate surface area is 117 Å². The highest BCUT2D eigenvalue weighted by Gasteiger charge is 2.13. The molecule has 1 aromatic carbocycles. The van der Waals surface area contributed by atoms with Crippen LogP contribution in [0, 0.1) is 13.8 Å². The molecule has 0 N–H and O–H groups in total. The van der Waals surface area contributed by atoms with E-state index in [0.29, 0.717) is 5.58 Å².